The number of anilines is 1. The van der Waals surface area contributed by atoms with E-state index in [0.717, 1.165) is 35.6 Å². The highest BCUT2D eigenvalue weighted by atomic mass is 79.9. The fraction of sp³-hybridized carbons (Fsp3) is 0.600. The predicted octanol–water partition coefficient (Wildman–Crippen LogP) is 1.73. The Morgan fingerprint density at radius 1 is 1.53 bits per heavy atom. The standard InChI is InChI=1S/C10H14BrN3O/c1-6-13-9(11)4-10(14-6)12-5-7-2-8(15)3-7/h4,7-8,15H,2-3,5H2,1H3,(H,12,13,14). The molecular weight excluding hydrogens is 258 g/mol. The van der Waals surface area contributed by atoms with E-state index in [9.17, 15) is 0 Å². The van der Waals surface area contributed by atoms with E-state index >= 15 is 0 Å². The van der Waals surface area contributed by atoms with Gasteiger partial charge in [0.25, 0.3) is 0 Å². The number of aliphatic hydroxyl groups is 1. The summed E-state index contributed by atoms with van der Waals surface area (Å²) in [6.45, 7) is 2.74. The van der Waals surface area contributed by atoms with Gasteiger partial charge in [0.15, 0.2) is 0 Å². The summed E-state index contributed by atoms with van der Waals surface area (Å²) >= 11 is 3.33. The molecule has 0 spiro atoms. The molecule has 0 unspecified atom stereocenters. The topological polar surface area (TPSA) is 58.0 Å². The van der Waals surface area contributed by atoms with Gasteiger partial charge in [-0.1, -0.05) is 0 Å². The molecule has 4 nitrogen and oxygen atoms in total. The van der Waals surface area contributed by atoms with Gasteiger partial charge in [-0.3, -0.25) is 0 Å². The van der Waals surface area contributed by atoms with Crippen LogP contribution in [0, 0.1) is 12.8 Å². The summed E-state index contributed by atoms with van der Waals surface area (Å²) in [4.78, 5) is 8.40. The summed E-state index contributed by atoms with van der Waals surface area (Å²) in [6, 6.07) is 1.86. The fourth-order valence-corrected chi connectivity index (χ4v) is 2.21. The van der Waals surface area contributed by atoms with Crippen molar-refractivity contribution in [3.05, 3.63) is 16.5 Å². The fourth-order valence-electron chi connectivity index (χ4n) is 1.74. The molecule has 1 aliphatic carbocycles. The van der Waals surface area contributed by atoms with E-state index in [1.54, 1.807) is 0 Å². The Hall–Kier alpha value is -0.680. The maximum Gasteiger partial charge on any atom is 0.130 e. The van der Waals surface area contributed by atoms with E-state index in [1.807, 2.05) is 13.0 Å². The lowest BCUT2D eigenvalue weighted by molar-refractivity contribution is 0.0486. The molecule has 1 saturated carbocycles. The van der Waals surface area contributed by atoms with Gasteiger partial charge in [0, 0.05) is 12.6 Å². The van der Waals surface area contributed by atoms with Gasteiger partial charge in [0.1, 0.15) is 16.2 Å². The van der Waals surface area contributed by atoms with Gasteiger partial charge >= 0.3 is 0 Å². The maximum absolute atomic E-state index is 9.14. The number of rotatable bonds is 3. The summed E-state index contributed by atoms with van der Waals surface area (Å²) in [5, 5.41) is 12.4. The van der Waals surface area contributed by atoms with Crippen molar-refractivity contribution in [2.24, 2.45) is 5.92 Å². The molecule has 1 fully saturated rings. The van der Waals surface area contributed by atoms with Crippen molar-refractivity contribution in [1.29, 1.82) is 0 Å². The Bertz CT molecular complexity index is 332. The van der Waals surface area contributed by atoms with E-state index in [-0.39, 0.29) is 6.10 Å². The second kappa shape index (κ2) is 4.45. The van der Waals surface area contributed by atoms with Crippen LogP contribution in [0.25, 0.3) is 0 Å². The molecule has 0 aliphatic heterocycles. The first-order valence-corrected chi connectivity index (χ1v) is 5.86. The van der Waals surface area contributed by atoms with Gasteiger partial charge in [-0.25, -0.2) is 9.97 Å². The first kappa shape index (κ1) is 10.8. The van der Waals surface area contributed by atoms with E-state index in [1.165, 1.54) is 0 Å². The number of hydrogen-bond acceptors (Lipinski definition) is 4. The number of hydrogen-bond donors (Lipinski definition) is 2. The average Bonchev–Trinajstić information content (AvgIpc) is 2.09. The molecule has 0 aromatic carbocycles. The molecule has 1 aliphatic rings. The van der Waals surface area contributed by atoms with Gasteiger partial charge in [-0.05, 0) is 41.6 Å². The van der Waals surface area contributed by atoms with E-state index in [4.69, 9.17) is 5.11 Å². The smallest absolute Gasteiger partial charge is 0.130 e. The monoisotopic (exact) mass is 271 g/mol. The number of aromatic nitrogens is 2. The Kier molecular flexibility index (Phi) is 3.21. The number of nitrogens with one attached hydrogen (secondary N) is 1. The maximum atomic E-state index is 9.14. The SMILES string of the molecule is Cc1nc(Br)cc(NCC2CC(O)C2)n1. The number of halogens is 1. The van der Waals surface area contributed by atoms with E-state index in [0.29, 0.717) is 5.92 Å². The summed E-state index contributed by atoms with van der Waals surface area (Å²) in [7, 11) is 0. The Labute approximate surface area is 97.3 Å². The van der Waals surface area contributed by atoms with Crippen molar-refractivity contribution in [2.45, 2.75) is 25.9 Å². The van der Waals surface area contributed by atoms with Crippen LogP contribution in [0.4, 0.5) is 5.82 Å². The van der Waals surface area contributed by atoms with Crippen LogP contribution in [-0.2, 0) is 0 Å². The molecule has 0 bridgehead atoms. The molecule has 5 heteroatoms. The highest BCUT2D eigenvalue weighted by Gasteiger charge is 2.26. The molecule has 1 heterocycles. The van der Waals surface area contributed by atoms with Crippen molar-refractivity contribution < 1.29 is 5.11 Å². The third-order valence-electron chi connectivity index (χ3n) is 2.59. The molecule has 1 aromatic heterocycles. The lowest BCUT2D eigenvalue weighted by Crippen LogP contribution is -2.33. The molecular formula is C10H14BrN3O. The quantitative estimate of drug-likeness (QED) is 0.823. The minimum atomic E-state index is -0.0873. The van der Waals surface area contributed by atoms with Crippen LogP contribution in [0.1, 0.15) is 18.7 Å². The second-order valence-electron chi connectivity index (χ2n) is 4.00. The van der Waals surface area contributed by atoms with Crippen LogP contribution in [0.2, 0.25) is 0 Å². The zero-order chi connectivity index (χ0) is 10.8. The molecule has 82 valence electrons. The van der Waals surface area contributed by atoms with Crippen molar-refractivity contribution in [3.8, 4) is 0 Å². The summed E-state index contributed by atoms with van der Waals surface area (Å²) in [6.07, 6.45) is 1.71. The van der Waals surface area contributed by atoms with E-state index < -0.39 is 0 Å². The zero-order valence-corrected chi connectivity index (χ0v) is 10.2. The molecule has 1 aromatic rings. The predicted molar refractivity (Wildman–Crippen MR) is 61.7 cm³/mol. The average molecular weight is 272 g/mol. The number of aryl methyl sites for hydroxylation is 1. The van der Waals surface area contributed by atoms with Crippen LogP contribution in [-0.4, -0.2) is 27.7 Å². The molecule has 2 N–H and O–H groups in total. The minimum absolute atomic E-state index is 0.0873. The summed E-state index contributed by atoms with van der Waals surface area (Å²) in [5.74, 6) is 2.17. The van der Waals surface area contributed by atoms with Crippen LogP contribution < -0.4 is 5.32 Å². The van der Waals surface area contributed by atoms with Crippen molar-refractivity contribution in [2.75, 3.05) is 11.9 Å². The van der Waals surface area contributed by atoms with Crippen LogP contribution in [0.5, 0.6) is 0 Å². The minimum Gasteiger partial charge on any atom is -0.393 e. The first-order chi connectivity index (χ1) is 7.13. The van der Waals surface area contributed by atoms with Gasteiger partial charge in [-0.2, -0.15) is 0 Å². The van der Waals surface area contributed by atoms with Crippen molar-refractivity contribution in [1.82, 2.24) is 9.97 Å². The van der Waals surface area contributed by atoms with Gasteiger partial charge < -0.3 is 10.4 Å². The number of nitrogens with zero attached hydrogens (tertiary/aromatic N) is 2. The Morgan fingerprint density at radius 3 is 2.87 bits per heavy atom. The van der Waals surface area contributed by atoms with Crippen LogP contribution in [0.3, 0.4) is 0 Å². The molecule has 2 rings (SSSR count). The third kappa shape index (κ3) is 2.89. The molecule has 0 radical (unpaired) electrons. The van der Waals surface area contributed by atoms with Gasteiger partial charge in [0.2, 0.25) is 0 Å². The number of aliphatic hydroxyl groups excluding tert-OH is 1. The van der Waals surface area contributed by atoms with Crippen LogP contribution in [0.15, 0.2) is 10.7 Å². The van der Waals surface area contributed by atoms with Crippen molar-refractivity contribution >= 4 is 21.7 Å². The van der Waals surface area contributed by atoms with Crippen LogP contribution >= 0.6 is 15.9 Å². The van der Waals surface area contributed by atoms with Crippen molar-refractivity contribution in [3.63, 3.8) is 0 Å². The van der Waals surface area contributed by atoms with Gasteiger partial charge in [-0.15, -0.1) is 0 Å². The Morgan fingerprint density at radius 2 is 2.27 bits per heavy atom. The molecule has 15 heavy (non-hydrogen) atoms. The first-order valence-electron chi connectivity index (χ1n) is 5.06. The summed E-state index contributed by atoms with van der Waals surface area (Å²) in [5.41, 5.74) is 0. The zero-order valence-electron chi connectivity index (χ0n) is 8.57. The normalized spacial score (nSPS) is 24.7. The highest BCUT2D eigenvalue weighted by molar-refractivity contribution is 9.10. The second-order valence-corrected chi connectivity index (χ2v) is 4.81. The molecule has 0 saturated heterocycles. The lowest BCUT2D eigenvalue weighted by Gasteiger charge is -2.31. The largest absolute Gasteiger partial charge is 0.393 e. The molecule has 0 atom stereocenters. The lowest BCUT2D eigenvalue weighted by atomic mass is 9.82. The summed E-state index contributed by atoms with van der Waals surface area (Å²) < 4.78 is 0.797. The highest BCUT2D eigenvalue weighted by Crippen LogP contribution is 2.27. The third-order valence-corrected chi connectivity index (χ3v) is 3.00. The Balaban J connectivity index is 1.88. The van der Waals surface area contributed by atoms with Gasteiger partial charge in [0.05, 0.1) is 6.10 Å². The molecule has 0 amide bonds. The van der Waals surface area contributed by atoms with E-state index in [2.05, 4.69) is 31.2 Å².